The van der Waals surface area contributed by atoms with E-state index >= 15 is 0 Å². The minimum atomic E-state index is -0.645. The molecule has 0 fully saturated rings. The van der Waals surface area contributed by atoms with Crippen LogP contribution in [0.3, 0.4) is 0 Å². The van der Waals surface area contributed by atoms with Crippen LogP contribution in [0.25, 0.3) is 21.5 Å². The lowest BCUT2D eigenvalue weighted by Gasteiger charge is -2.36. The molecule has 0 atom stereocenters. The molecule has 0 aliphatic heterocycles. The molecule has 0 unspecified atom stereocenters. The number of hydrogen-bond donors (Lipinski definition) is 0. The zero-order valence-electron chi connectivity index (χ0n) is 24.1. The molecule has 0 amide bonds. The molecular weight excluding hydrogens is 481 g/mol. The molecule has 0 aliphatic carbocycles. The van der Waals surface area contributed by atoms with Gasteiger partial charge in [-0.2, -0.15) is 0 Å². The minimum Gasteiger partial charge on any atom is -0.272 e. The zero-order chi connectivity index (χ0) is 26.2. The summed E-state index contributed by atoms with van der Waals surface area (Å²) in [7, 11) is 7.86. The van der Waals surface area contributed by atoms with Gasteiger partial charge in [0.1, 0.15) is 0 Å². The van der Waals surface area contributed by atoms with Crippen molar-refractivity contribution in [3.05, 3.63) is 42.5 Å². The number of benzene rings is 3. The Labute approximate surface area is 219 Å². The summed E-state index contributed by atoms with van der Waals surface area (Å²) in [5, 5.41) is 10.7. The van der Waals surface area contributed by atoms with Crippen molar-refractivity contribution in [2.24, 2.45) is 0 Å². The van der Waals surface area contributed by atoms with Crippen molar-refractivity contribution >= 4 is 61.5 Å². The highest BCUT2D eigenvalue weighted by molar-refractivity contribution is 7.69. The van der Waals surface area contributed by atoms with E-state index in [2.05, 4.69) is 135 Å². The van der Waals surface area contributed by atoms with Gasteiger partial charge in [-0.25, -0.2) is 0 Å². The van der Waals surface area contributed by atoms with Crippen molar-refractivity contribution < 1.29 is 0 Å². The lowest BCUT2D eigenvalue weighted by Crippen LogP contribution is -2.31. The van der Waals surface area contributed by atoms with Gasteiger partial charge in [-0.3, -0.25) is 9.34 Å². The Morgan fingerprint density at radius 2 is 0.886 bits per heavy atom. The molecule has 2 nitrogen and oxygen atoms in total. The Morgan fingerprint density at radius 1 is 0.543 bits per heavy atom. The maximum absolute atomic E-state index is 2.49. The summed E-state index contributed by atoms with van der Waals surface area (Å²) in [6, 6.07) is 16.7. The van der Waals surface area contributed by atoms with E-state index in [1.807, 2.05) is 0 Å². The molecule has 3 aromatic rings. The first-order valence-corrected chi connectivity index (χ1v) is 17.3. The summed E-state index contributed by atoms with van der Waals surface area (Å²) in [5.41, 5.74) is 2.62. The van der Waals surface area contributed by atoms with Gasteiger partial charge in [0.2, 0.25) is 0 Å². The second-order valence-electron chi connectivity index (χ2n) is 11.1. The predicted molar refractivity (Wildman–Crippen MR) is 169 cm³/mol. The normalized spacial score (nSPS) is 13.2. The Morgan fingerprint density at radius 3 is 1.17 bits per heavy atom. The highest BCUT2D eigenvalue weighted by Crippen LogP contribution is 2.52. The fourth-order valence-electron chi connectivity index (χ4n) is 5.86. The van der Waals surface area contributed by atoms with Crippen molar-refractivity contribution in [2.45, 2.75) is 78.0 Å². The summed E-state index contributed by atoms with van der Waals surface area (Å²) in [6.45, 7) is 19.4. The van der Waals surface area contributed by atoms with Crippen LogP contribution < -0.4 is 15.9 Å². The van der Waals surface area contributed by atoms with Crippen LogP contribution in [0.4, 0.5) is 0 Å². The van der Waals surface area contributed by atoms with Crippen LogP contribution in [0.15, 0.2) is 42.5 Å². The van der Waals surface area contributed by atoms with Crippen LogP contribution in [0.5, 0.6) is 0 Å². The van der Waals surface area contributed by atoms with E-state index in [9.17, 15) is 0 Å². The average molecular weight is 529 g/mol. The van der Waals surface area contributed by atoms with E-state index in [-0.39, 0.29) is 15.8 Å². The molecule has 35 heavy (non-hydrogen) atoms. The van der Waals surface area contributed by atoms with Crippen LogP contribution in [0.1, 0.15) is 55.4 Å². The third-order valence-electron chi connectivity index (χ3n) is 6.67. The summed E-state index contributed by atoms with van der Waals surface area (Å²) >= 11 is 0. The molecule has 0 bridgehead atoms. The highest BCUT2D eigenvalue weighted by Gasteiger charge is 2.31. The van der Waals surface area contributed by atoms with Gasteiger partial charge < -0.3 is 0 Å². The Kier molecular flexibility index (Phi) is 9.80. The van der Waals surface area contributed by atoms with E-state index in [0.717, 1.165) is 0 Å². The first-order chi connectivity index (χ1) is 16.4. The van der Waals surface area contributed by atoms with Crippen LogP contribution in [0, 0.1) is 0 Å². The van der Waals surface area contributed by atoms with E-state index in [4.69, 9.17) is 0 Å². The number of nitrogens with zero attached hydrogens (tertiary/aromatic N) is 2. The van der Waals surface area contributed by atoms with E-state index in [1.165, 1.54) is 21.5 Å². The standard InChI is InChI=1S/C30H47N2P3/c1-20(2)33(21(3)4)26-17-13-15-24-19-25-16-14-18-27(34(22(5)6)23(7)8)29(25)30(28(24)26)35(31(9)10)32(11)12/h13-23H,1-12H3. The molecule has 0 aliphatic rings. The monoisotopic (exact) mass is 528 g/mol. The van der Waals surface area contributed by atoms with Crippen molar-refractivity contribution in [3.63, 3.8) is 0 Å². The quantitative estimate of drug-likeness (QED) is 0.206. The molecule has 0 heterocycles. The first kappa shape index (κ1) is 29.0. The third kappa shape index (κ3) is 5.79. The van der Waals surface area contributed by atoms with Gasteiger partial charge in [0, 0.05) is 16.1 Å². The molecule has 3 aromatic carbocycles. The zero-order valence-corrected chi connectivity index (χ0v) is 26.8. The van der Waals surface area contributed by atoms with E-state index < -0.39 is 8.22 Å². The van der Waals surface area contributed by atoms with Gasteiger partial charge in [-0.05, 0) is 78.3 Å². The predicted octanol–water partition coefficient (Wildman–Crippen LogP) is 7.90. The molecule has 0 saturated carbocycles. The van der Waals surface area contributed by atoms with Crippen molar-refractivity contribution in [1.82, 2.24) is 9.34 Å². The minimum absolute atomic E-state index is 0.280. The summed E-state index contributed by atoms with van der Waals surface area (Å²) in [5.74, 6) is 0. The molecular formula is C30H47N2P3. The lowest BCUT2D eigenvalue weighted by atomic mass is 10.0. The van der Waals surface area contributed by atoms with Gasteiger partial charge in [0.25, 0.3) is 0 Å². The molecule has 0 N–H and O–H groups in total. The maximum Gasteiger partial charge on any atom is 0.0727 e. The van der Waals surface area contributed by atoms with Crippen molar-refractivity contribution in [1.29, 1.82) is 0 Å². The molecule has 0 saturated heterocycles. The molecule has 0 spiro atoms. The van der Waals surface area contributed by atoms with Gasteiger partial charge in [-0.1, -0.05) is 108 Å². The third-order valence-corrected chi connectivity index (χ3v) is 15.3. The summed E-state index contributed by atoms with van der Waals surface area (Å²) in [4.78, 5) is 0. The molecule has 5 heteroatoms. The van der Waals surface area contributed by atoms with Crippen molar-refractivity contribution in [3.8, 4) is 0 Å². The first-order valence-electron chi connectivity index (χ1n) is 13.1. The molecule has 192 valence electrons. The number of rotatable bonds is 9. The maximum atomic E-state index is 2.49. The van der Waals surface area contributed by atoms with Crippen LogP contribution >= 0.6 is 24.1 Å². The Hall–Kier alpha value is -0.610. The molecule has 0 radical (unpaired) electrons. The van der Waals surface area contributed by atoms with Crippen LogP contribution in [-0.2, 0) is 0 Å². The lowest BCUT2D eigenvalue weighted by molar-refractivity contribution is 0.585. The Balaban J connectivity index is 2.64. The topological polar surface area (TPSA) is 6.48 Å². The van der Waals surface area contributed by atoms with Gasteiger partial charge in [0.15, 0.2) is 0 Å². The Bertz CT molecular complexity index is 1050. The fourth-order valence-corrected chi connectivity index (χ4v) is 14.6. The van der Waals surface area contributed by atoms with Crippen LogP contribution in [-0.4, -0.2) is 60.2 Å². The average Bonchev–Trinajstić information content (AvgIpc) is 2.72. The van der Waals surface area contributed by atoms with Crippen LogP contribution in [0.2, 0.25) is 0 Å². The largest absolute Gasteiger partial charge is 0.272 e. The number of fused-ring (bicyclic) bond motifs is 2. The van der Waals surface area contributed by atoms with E-state index in [1.54, 1.807) is 15.9 Å². The second kappa shape index (κ2) is 11.8. The van der Waals surface area contributed by atoms with Gasteiger partial charge in [-0.15, -0.1) is 0 Å². The van der Waals surface area contributed by atoms with Gasteiger partial charge >= 0.3 is 0 Å². The molecule has 3 rings (SSSR count). The van der Waals surface area contributed by atoms with Crippen molar-refractivity contribution in [2.75, 3.05) is 28.2 Å². The highest BCUT2D eigenvalue weighted by atomic mass is 31.1. The molecule has 0 aromatic heterocycles. The smallest absolute Gasteiger partial charge is 0.0727 e. The SMILES string of the molecule is CC(C)P(c1cccc2cc3cccc(P(C(C)C)C(C)C)c3c(P(N(C)C)N(C)C)c12)C(C)C. The number of hydrogen-bond acceptors (Lipinski definition) is 2. The fraction of sp³-hybridized carbons (Fsp3) is 0.533. The summed E-state index contributed by atoms with van der Waals surface area (Å²) < 4.78 is 4.94. The second-order valence-corrected chi connectivity index (χ2v) is 20.5. The van der Waals surface area contributed by atoms with Gasteiger partial charge in [0.05, 0.1) is 8.22 Å². The summed E-state index contributed by atoms with van der Waals surface area (Å²) in [6.07, 6.45) is 0. The van der Waals surface area contributed by atoms with E-state index in [0.29, 0.717) is 22.6 Å².